The summed E-state index contributed by atoms with van der Waals surface area (Å²) in [4.78, 5) is 13.5. The molecule has 1 unspecified atom stereocenters. The van der Waals surface area contributed by atoms with E-state index in [1.54, 1.807) is 17.2 Å². The van der Waals surface area contributed by atoms with Gasteiger partial charge in [0.05, 0.1) is 0 Å². The van der Waals surface area contributed by atoms with E-state index in [1.807, 2.05) is 6.07 Å². The van der Waals surface area contributed by atoms with E-state index in [2.05, 4.69) is 24.0 Å². The molecule has 1 amide bonds. The Labute approximate surface area is 89.3 Å². The van der Waals surface area contributed by atoms with Crippen LogP contribution in [0.1, 0.15) is 20.3 Å². The van der Waals surface area contributed by atoms with Crippen LogP contribution in [0.15, 0.2) is 18.3 Å². The van der Waals surface area contributed by atoms with Gasteiger partial charge >= 0.3 is 0 Å². The van der Waals surface area contributed by atoms with Gasteiger partial charge in [0.2, 0.25) is 5.91 Å². The standard InChI is InChI=1S/C11H15N3O/c1-8(2)9-6-11(15)14(7-9)10-4-3-5-12-13-10/h3-5,8-9H,6-7H2,1-2H3. The van der Waals surface area contributed by atoms with Gasteiger partial charge in [0.25, 0.3) is 0 Å². The number of amides is 1. The lowest BCUT2D eigenvalue weighted by molar-refractivity contribution is -0.117. The fourth-order valence-corrected chi connectivity index (χ4v) is 1.84. The zero-order valence-corrected chi connectivity index (χ0v) is 9.05. The van der Waals surface area contributed by atoms with E-state index in [9.17, 15) is 4.79 Å². The fraction of sp³-hybridized carbons (Fsp3) is 0.545. The Hall–Kier alpha value is -1.45. The van der Waals surface area contributed by atoms with Crippen LogP contribution in [0.25, 0.3) is 0 Å². The van der Waals surface area contributed by atoms with E-state index in [4.69, 9.17) is 0 Å². The van der Waals surface area contributed by atoms with E-state index >= 15 is 0 Å². The average molecular weight is 205 g/mol. The Balaban J connectivity index is 2.16. The Bertz CT molecular complexity index is 350. The summed E-state index contributed by atoms with van der Waals surface area (Å²) in [6.45, 7) is 5.07. The first-order valence-corrected chi connectivity index (χ1v) is 5.26. The van der Waals surface area contributed by atoms with Crippen molar-refractivity contribution in [3.63, 3.8) is 0 Å². The van der Waals surface area contributed by atoms with Gasteiger partial charge in [-0.15, -0.1) is 5.10 Å². The molecule has 2 rings (SSSR count). The lowest BCUT2D eigenvalue weighted by atomic mass is 9.95. The summed E-state index contributed by atoms with van der Waals surface area (Å²) >= 11 is 0. The minimum atomic E-state index is 0.161. The lowest BCUT2D eigenvalue weighted by Crippen LogP contribution is -2.26. The third-order valence-electron chi connectivity index (χ3n) is 2.93. The molecule has 1 saturated heterocycles. The SMILES string of the molecule is CC(C)C1CC(=O)N(c2cccnn2)C1. The summed E-state index contributed by atoms with van der Waals surface area (Å²) in [5.74, 6) is 1.81. The van der Waals surface area contributed by atoms with Crippen LogP contribution >= 0.6 is 0 Å². The van der Waals surface area contributed by atoms with Crippen molar-refractivity contribution in [1.29, 1.82) is 0 Å². The largest absolute Gasteiger partial charge is 0.295 e. The van der Waals surface area contributed by atoms with Gasteiger partial charge < -0.3 is 0 Å². The Morgan fingerprint density at radius 2 is 2.33 bits per heavy atom. The third-order valence-corrected chi connectivity index (χ3v) is 2.93. The maximum absolute atomic E-state index is 11.7. The molecule has 1 aromatic heterocycles. The summed E-state index contributed by atoms with van der Waals surface area (Å²) in [6, 6.07) is 3.63. The number of hydrogen-bond acceptors (Lipinski definition) is 3. The van der Waals surface area contributed by atoms with Crippen molar-refractivity contribution in [2.24, 2.45) is 11.8 Å². The minimum absolute atomic E-state index is 0.161. The summed E-state index contributed by atoms with van der Waals surface area (Å²) < 4.78 is 0. The Morgan fingerprint density at radius 3 is 2.87 bits per heavy atom. The summed E-state index contributed by atoms with van der Waals surface area (Å²) in [7, 11) is 0. The van der Waals surface area contributed by atoms with E-state index < -0.39 is 0 Å². The first kappa shape index (κ1) is 10.1. The zero-order valence-electron chi connectivity index (χ0n) is 9.05. The molecule has 0 aliphatic carbocycles. The predicted molar refractivity (Wildman–Crippen MR) is 57.3 cm³/mol. The maximum atomic E-state index is 11.7. The quantitative estimate of drug-likeness (QED) is 0.734. The van der Waals surface area contributed by atoms with Crippen molar-refractivity contribution in [3.05, 3.63) is 18.3 Å². The lowest BCUT2D eigenvalue weighted by Gasteiger charge is -2.16. The van der Waals surface area contributed by atoms with Crippen molar-refractivity contribution in [2.75, 3.05) is 11.4 Å². The number of rotatable bonds is 2. The third kappa shape index (κ3) is 1.98. The molecule has 1 fully saturated rings. The van der Waals surface area contributed by atoms with E-state index in [1.165, 1.54) is 0 Å². The normalized spacial score (nSPS) is 21.4. The molecular formula is C11H15N3O. The average Bonchev–Trinajstić information content (AvgIpc) is 2.62. The highest BCUT2D eigenvalue weighted by Crippen LogP contribution is 2.27. The van der Waals surface area contributed by atoms with Crippen molar-refractivity contribution in [2.45, 2.75) is 20.3 Å². The van der Waals surface area contributed by atoms with Crippen LogP contribution in [-0.2, 0) is 4.79 Å². The van der Waals surface area contributed by atoms with Gasteiger partial charge in [-0.3, -0.25) is 9.69 Å². The molecule has 1 aromatic rings. The second-order valence-electron chi connectivity index (χ2n) is 4.29. The molecule has 80 valence electrons. The van der Waals surface area contributed by atoms with Gasteiger partial charge in [-0.05, 0) is 24.0 Å². The zero-order chi connectivity index (χ0) is 10.8. The molecule has 0 aromatic carbocycles. The second kappa shape index (κ2) is 3.96. The van der Waals surface area contributed by atoms with Crippen molar-refractivity contribution in [1.82, 2.24) is 10.2 Å². The van der Waals surface area contributed by atoms with Crippen LogP contribution in [-0.4, -0.2) is 22.6 Å². The number of hydrogen-bond donors (Lipinski definition) is 0. The highest BCUT2D eigenvalue weighted by atomic mass is 16.2. The van der Waals surface area contributed by atoms with E-state index in [-0.39, 0.29) is 5.91 Å². The molecule has 1 atom stereocenters. The molecular weight excluding hydrogens is 190 g/mol. The van der Waals surface area contributed by atoms with Crippen LogP contribution in [0, 0.1) is 11.8 Å². The van der Waals surface area contributed by atoms with Crippen molar-refractivity contribution >= 4 is 11.7 Å². The van der Waals surface area contributed by atoms with Gasteiger partial charge in [-0.25, -0.2) is 0 Å². The number of anilines is 1. The van der Waals surface area contributed by atoms with Crippen molar-refractivity contribution in [3.8, 4) is 0 Å². The van der Waals surface area contributed by atoms with Crippen LogP contribution < -0.4 is 4.90 Å². The first-order valence-electron chi connectivity index (χ1n) is 5.26. The number of carbonyl (C=O) groups excluding carboxylic acids is 1. The maximum Gasteiger partial charge on any atom is 0.228 e. The number of aromatic nitrogens is 2. The summed E-state index contributed by atoms with van der Waals surface area (Å²) in [5, 5.41) is 7.75. The highest BCUT2D eigenvalue weighted by molar-refractivity contribution is 5.94. The molecule has 0 saturated carbocycles. The highest BCUT2D eigenvalue weighted by Gasteiger charge is 2.32. The molecule has 4 heteroatoms. The van der Waals surface area contributed by atoms with Gasteiger partial charge in [0.1, 0.15) is 0 Å². The molecule has 0 spiro atoms. The van der Waals surface area contributed by atoms with Gasteiger partial charge in [0, 0.05) is 19.2 Å². The van der Waals surface area contributed by atoms with Crippen LogP contribution in [0.2, 0.25) is 0 Å². The molecule has 0 N–H and O–H groups in total. The molecule has 0 radical (unpaired) electrons. The first-order chi connectivity index (χ1) is 7.18. The Kier molecular flexibility index (Phi) is 2.66. The topological polar surface area (TPSA) is 46.1 Å². The minimum Gasteiger partial charge on any atom is -0.295 e. The number of carbonyl (C=O) groups is 1. The van der Waals surface area contributed by atoms with E-state index in [0.717, 1.165) is 6.54 Å². The molecule has 0 bridgehead atoms. The monoisotopic (exact) mass is 205 g/mol. The number of nitrogens with zero attached hydrogens (tertiary/aromatic N) is 3. The predicted octanol–water partition coefficient (Wildman–Crippen LogP) is 1.49. The van der Waals surface area contributed by atoms with E-state index in [0.29, 0.717) is 24.1 Å². The van der Waals surface area contributed by atoms with Crippen molar-refractivity contribution < 1.29 is 4.79 Å². The molecule has 15 heavy (non-hydrogen) atoms. The molecule has 4 nitrogen and oxygen atoms in total. The van der Waals surface area contributed by atoms with Gasteiger partial charge in [0.15, 0.2) is 5.82 Å². The molecule has 1 aliphatic heterocycles. The fourth-order valence-electron chi connectivity index (χ4n) is 1.84. The molecule has 1 aliphatic rings. The smallest absolute Gasteiger partial charge is 0.228 e. The Morgan fingerprint density at radius 1 is 1.53 bits per heavy atom. The summed E-state index contributed by atoms with van der Waals surface area (Å²) in [6.07, 6.45) is 2.25. The summed E-state index contributed by atoms with van der Waals surface area (Å²) in [5.41, 5.74) is 0. The van der Waals surface area contributed by atoms with Crippen LogP contribution in [0.4, 0.5) is 5.82 Å². The second-order valence-corrected chi connectivity index (χ2v) is 4.29. The van der Waals surface area contributed by atoms with Crippen LogP contribution in [0.5, 0.6) is 0 Å². The van der Waals surface area contributed by atoms with Gasteiger partial charge in [-0.2, -0.15) is 5.10 Å². The molecule has 2 heterocycles. The van der Waals surface area contributed by atoms with Gasteiger partial charge in [-0.1, -0.05) is 13.8 Å². The van der Waals surface area contributed by atoms with Crippen LogP contribution in [0.3, 0.4) is 0 Å².